The molecule has 0 bridgehead atoms. The highest BCUT2D eigenvalue weighted by molar-refractivity contribution is 7.99. The largest absolute Gasteiger partial charge is 0.365 e. The van der Waals surface area contributed by atoms with E-state index in [1.165, 1.54) is 12.1 Å². The molecular formula is C12H13FN2OS. The van der Waals surface area contributed by atoms with Crippen LogP contribution in [0.5, 0.6) is 0 Å². The van der Waals surface area contributed by atoms with Gasteiger partial charge in [0.05, 0.1) is 11.4 Å². The fourth-order valence-electron chi connectivity index (χ4n) is 2.40. The van der Waals surface area contributed by atoms with E-state index in [4.69, 9.17) is 0 Å². The third-order valence-corrected chi connectivity index (χ3v) is 4.28. The smallest absolute Gasteiger partial charge is 0.226 e. The summed E-state index contributed by atoms with van der Waals surface area (Å²) in [4.78, 5) is 13.9. The van der Waals surface area contributed by atoms with Crippen LogP contribution in [0, 0.1) is 5.82 Å². The topological polar surface area (TPSA) is 32.3 Å². The Balaban J connectivity index is 2.07. The highest BCUT2D eigenvalue weighted by atomic mass is 32.2. The second-order valence-corrected chi connectivity index (χ2v) is 5.49. The van der Waals surface area contributed by atoms with Crippen LogP contribution in [0.4, 0.5) is 15.8 Å². The van der Waals surface area contributed by atoms with E-state index in [9.17, 15) is 9.18 Å². The van der Waals surface area contributed by atoms with Crippen LogP contribution in [0.1, 0.15) is 6.42 Å². The number of amides is 1. The van der Waals surface area contributed by atoms with Crippen LogP contribution in [-0.2, 0) is 4.79 Å². The van der Waals surface area contributed by atoms with Crippen molar-refractivity contribution in [2.24, 2.45) is 0 Å². The molecule has 0 radical (unpaired) electrons. The standard InChI is InChI=1S/C12H13FN2OS/c13-8-1-2-10-11(5-8)15-3-4-17-7-9(15)6-12(16)14-10/h1-2,5,9H,3-4,6-7H2,(H,14,16). The van der Waals surface area contributed by atoms with Crippen molar-refractivity contribution < 1.29 is 9.18 Å². The molecule has 17 heavy (non-hydrogen) atoms. The van der Waals surface area contributed by atoms with Gasteiger partial charge < -0.3 is 10.2 Å². The molecule has 5 heteroatoms. The zero-order valence-electron chi connectivity index (χ0n) is 9.28. The second kappa shape index (κ2) is 4.22. The summed E-state index contributed by atoms with van der Waals surface area (Å²) in [6, 6.07) is 4.74. The van der Waals surface area contributed by atoms with Crippen LogP contribution >= 0.6 is 11.8 Å². The molecule has 1 aromatic carbocycles. The summed E-state index contributed by atoms with van der Waals surface area (Å²) in [6.45, 7) is 0.876. The molecule has 1 aromatic rings. The average Bonchev–Trinajstić information content (AvgIpc) is 2.45. The van der Waals surface area contributed by atoms with Crippen molar-refractivity contribution in [1.29, 1.82) is 0 Å². The fraction of sp³-hybridized carbons (Fsp3) is 0.417. The van der Waals surface area contributed by atoms with E-state index in [0.717, 1.165) is 29.4 Å². The first-order valence-corrected chi connectivity index (χ1v) is 6.83. The lowest BCUT2D eigenvalue weighted by atomic mass is 10.1. The number of hydrogen-bond acceptors (Lipinski definition) is 3. The number of nitrogens with one attached hydrogen (secondary N) is 1. The normalized spacial score (nSPS) is 23.5. The van der Waals surface area contributed by atoms with E-state index in [0.29, 0.717) is 6.42 Å². The summed E-state index contributed by atoms with van der Waals surface area (Å²) in [5.41, 5.74) is 1.55. The first kappa shape index (κ1) is 10.9. The molecular weight excluding hydrogens is 239 g/mol. The van der Waals surface area contributed by atoms with E-state index < -0.39 is 0 Å². The predicted molar refractivity (Wildman–Crippen MR) is 68.1 cm³/mol. The van der Waals surface area contributed by atoms with E-state index in [-0.39, 0.29) is 17.8 Å². The van der Waals surface area contributed by atoms with Crippen LogP contribution in [0.3, 0.4) is 0 Å². The van der Waals surface area contributed by atoms with E-state index in [1.807, 2.05) is 11.8 Å². The number of fused-ring (bicyclic) bond motifs is 3. The zero-order chi connectivity index (χ0) is 11.8. The monoisotopic (exact) mass is 252 g/mol. The van der Waals surface area contributed by atoms with E-state index in [1.54, 1.807) is 6.07 Å². The van der Waals surface area contributed by atoms with Crippen molar-refractivity contribution in [3.63, 3.8) is 0 Å². The predicted octanol–water partition coefficient (Wildman–Crippen LogP) is 2.09. The Labute approximate surface area is 103 Å². The fourth-order valence-corrected chi connectivity index (χ4v) is 3.47. The van der Waals surface area contributed by atoms with Gasteiger partial charge in [-0.05, 0) is 18.2 Å². The molecule has 0 aromatic heterocycles. The van der Waals surface area contributed by atoms with Gasteiger partial charge >= 0.3 is 0 Å². The Morgan fingerprint density at radius 3 is 3.24 bits per heavy atom. The van der Waals surface area contributed by atoms with Crippen molar-refractivity contribution in [2.45, 2.75) is 12.5 Å². The van der Waals surface area contributed by atoms with Crippen molar-refractivity contribution in [2.75, 3.05) is 28.3 Å². The maximum Gasteiger partial charge on any atom is 0.226 e. The minimum absolute atomic E-state index is 0.0212. The maximum atomic E-state index is 13.3. The van der Waals surface area contributed by atoms with Crippen molar-refractivity contribution in [1.82, 2.24) is 0 Å². The molecule has 2 aliphatic rings. The molecule has 1 amide bonds. The minimum Gasteiger partial charge on any atom is -0.365 e. The number of hydrogen-bond donors (Lipinski definition) is 1. The summed E-state index contributed by atoms with van der Waals surface area (Å²) in [5, 5.41) is 2.85. The van der Waals surface area contributed by atoms with Crippen molar-refractivity contribution in [3.8, 4) is 0 Å². The van der Waals surface area contributed by atoms with Gasteiger partial charge in [-0.25, -0.2) is 4.39 Å². The molecule has 3 rings (SSSR count). The lowest BCUT2D eigenvalue weighted by Crippen LogP contribution is -2.42. The lowest BCUT2D eigenvalue weighted by Gasteiger charge is -2.35. The van der Waals surface area contributed by atoms with E-state index >= 15 is 0 Å². The number of nitrogens with zero attached hydrogens (tertiary/aromatic N) is 1. The molecule has 1 fully saturated rings. The van der Waals surface area contributed by atoms with E-state index in [2.05, 4.69) is 10.2 Å². The number of carbonyl (C=O) groups excluding carboxylic acids is 1. The summed E-state index contributed by atoms with van der Waals surface area (Å²) in [7, 11) is 0. The van der Waals surface area contributed by atoms with Crippen LogP contribution in [0.15, 0.2) is 18.2 Å². The number of rotatable bonds is 0. The number of anilines is 2. The molecule has 2 heterocycles. The SMILES string of the molecule is O=C1CC2CSCCN2c2cc(F)ccc2N1. The maximum absolute atomic E-state index is 13.3. The molecule has 0 aliphatic carbocycles. The number of carbonyl (C=O) groups is 1. The van der Waals surface area contributed by atoms with Gasteiger partial charge in [0, 0.05) is 30.5 Å². The lowest BCUT2D eigenvalue weighted by molar-refractivity contribution is -0.116. The highest BCUT2D eigenvalue weighted by Gasteiger charge is 2.30. The van der Waals surface area contributed by atoms with Crippen molar-refractivity contribution >= 4 is 29.0 Å². The highest BCUT2D eigenvalue weighted by Crippen LogP contribution is 2.35. The molecule has 0 saturated carbocycles. The summed E-state index contributed by atoms with van der Waals surface area (Å²) < 4.78 is 13.3. The summed E-state index contributed by atoms with van der Waals surface area (Å²) >= 11 is 1.86. The van der Waals surface area contributed by atoms with Crippen molar-refractivity contribution in [3.05, 3.63) is 24.0 Å². The van der Waals surface area contributed by atoms with Crippen LogP contribution in [0.25, 0.3) is 0 Å². The second-order valence-electron chi connectivity index (χ2n) is 4.34. The summed E-state index contributed by atoms with van der Waals surface area (Å²) in [5.74, 6) is 1.73. The van der Waals surface area contributed by atoms with Gasteiger partial charge in [-0.2, -0.15) is 11.8 Å². The first-order valence-electron chi connectivity index (χ1n) is 5.68. The first-order chi connectivity index (χ1) is 8.24. The molecule has 1 unspecified atom stereocenters. The number of benzene rings is 1. The van der Waals surface area contributed by atoms with Gasteiger partial charge in [-0.1, -0.05) is 0 Å². The van der Waals surface area contributed by atoms with Gasteiger partial charge in [-0.3, -0.25) is 4.79 Å². The minimum atomic E-state index is -0.253. The Hall–Kier alpha value is -1.23. The zero-order valence-corrected chi connectivity index (χ0v) is 10.1. The third-order valence-electron chi connectivity index (χ3n) is 3.19. The molecule has 2 aliphatic heterocycles. The van der Waals surface area contributed by atoms with Gasteiger partial charge in [0.2, 0.25) is 5.91 Å². The van der Waals surface area contributed by atoms with Crippen LogP contribution in [0.2, 0.25) is 0 Å². The Kier molecular flexibility index (Phi) is 2.70. The Bertz CT molecular complexity index is 466. The van der Waals surface area contributed by atoms with Gasteiger partial charge in [0.1, 0.15) is 5.82 Å². The number of thioether (sulfide) groups is 1. The molecule has 3 nitrogen and oxygen atoms in total. The summed E-state index contributed by atoms with van der Waals surface area (Å²) in [6.07, 6.45) is 0.489. The Morgan fingerprint density at radius 1 is 1.47 bits per heavy atom. The van der Waals surface area contributed by atoms with Crippen LogP contribution in [-0.4, -0.2) is 30.0 Å². The average molecular weight is 252 g/mol. The molecule has 1 saturated heterocycles. The molecule has 1 atom stereocenters. The number of halogens is 1. The van der Waals surface area contributed by atoms with Gasteiger partial charge in [0.15, 0.2) is 0 Å². The third kappa shape index (κ3) is 1.99. The molecule has 0 spiro atoms. The van der Waals surface area contributed by atoms with Crippen LogP contribution < -0.4 is 10.2 Å². The van der Waals surface area contributed by atoms with Gasteiger partial charge in [0.25, 0.3) is 0 Å². The molecule has 1 N–H and O–H groups in total. The van der Waals surface area contributed by atoms with Gasteiger partial charge in [-0.15, -0.1) is 0 Å². The molecule has 90 valence electrons. The quantitative estimate of drug-likeness (QED) is 0.767. The Morgan fingerprint density at radius 2 is 2.35 bits per heavy atom.